The van der Waals surface area contributed by atoms with Gasteiger partial charge in [-0.15, -0.1) is 0 Å². The van der Waals surface area contributed by atoms with Gasteiger partial charge in [0.25, 0.3) is 5.56 Å². The molecule has 0 aliphatic heterocycles. The molecule has 4 nitrogen and oxygen atoms in total. The lowest BCUT2D eigenvalue weighted by Gasteiger charge is -2.03. The zero-order valence-corrected chi connectivity index (χ0v) is 7.42. The van der Waals surface area contributed by atoms with E-state index in [9.17, 15) is 4.79 Å². The topological polar surface area (TPSA) is 71.8 Å². The lowest BCUT2D eigenvalue weighted by Crippen LogP contribution is -2.20. The largest absolute Gasteiger partial charge is 0.328 e. The number of rotatable bonds is 0. The van der Waals surface area contributed by atoms with Crippen LogP contribution < -0.4 is 11.3 Å². The molecule has 0 bridgehead atoms. The van der Waals surface area contributed by atoms with Crippen molar-refractivity contribution in [1.29, 1.82) is 0 Å². The van der Waals surface area contributed by atoms with Crippen molar-refractivity contribution in [1.82, 2.24) is 9.97 Å². The van der Waals surface area contributed by atoms with E-state index in [4.69, 9.17) is 5.73 Å². The Hall–Kier alpha value is -1.16. The van der Waals surface area contributed by atoms with Crippen molar-refractivity contribution < 1.29 is 0 Å². The average molecular weight is 179 g/mol. The first-order valence-corrected chi connectivity index (χ1v) is 4.58. The van der Waals surface area contributed by atoms with Crippen LogP contribution in [0.4, 0.5) is 0 Å². The Bertz CT molecular complexity index is 358. The molecule has 0 spiro atoms. The predicted octanol–water partition coefficient (Wildman–Crippen LogP) is -0.0240. The molecule has 0 radical (unpaired) electrons. The molecule has 2 rings (SSSR count). The molecule has 0 unspecified atom stereocenters. The molecule has 1 aliphatic rings. The molecule has 0 saturated carbocycles. The van der Waals surface area contributed by atoms with Crippen LogP contribution >= 0.6 is 0 Å². The van der Waals surface area contributed by atoms with Gasteiger partial charge in [0.05, 0.1) is 12.0 Å². The molecular weight excluding hydrogens is 166 g/mol. The van der Waals surface area contributed by atoms with Gasteiger partial charge in [-0.1, -0.05) is 0 Å². The second-order valence-corrected chi connectivity index (χ2v) is 3.49. The number of aromatic nitrogens is 2. The van der Waals surface area contributed by atoms with Crippen molar-refractivity contribution in [3.8, 4) is 0 Å². The molecule has 0 fully saturated rings. The van der Waals surface area contributed by atoms with Crippen LogP contribution in [0.5, 0.6) is 0 Å². The minimum Gasteiger partial charge on any atom is -0.328 e. The van der Waals surface area contributed by atoms with Crippen molar-refractivity contribution in [2.45, 2.75) is 31.7 Å². The second kappa shape index (κ2) is 3.30. The van der Waals surface area contributed by atoms with Gasteiger partial charge in [0.15, 0.2) is 0 Å². The van der Waals surface area contributed by atoms with Crippen molar-refractivity contribution in [2.24, 2.45) is 5.73 Å². The molecule has 3 N–H and O–H groups in total. The van der Waals surface area contributed by atoms with Crippen LogP contribution in [0.25, 0.3) is 0 Å². The quantitative estimate of drug-likeness (QED) is 0.550. The summed E-state index contributed by atoms with van der Waals surface area (Å²) < 4.78 is 0. The number of aryl methyl sites for hydroxylation is 1. The lowest BCUT2D eigenvalue weighted by atomic mass is 10.1. The van der Waals surface area contributed by atoms with Crippen molar-refractivity contribution >= 4 is 0 Å². The zero-order chi connectivity index (χ0) is 9.26. The maximum atomic E-state index is 11.4. The molecule has 70 valence electrons. The third kappa shape index (κ3) is 1.62. The summed E-state index contributed by atoms with van der Waals surface area (Å²) >= 11 is 0. The molecule has 0 saturated heterocycles. The highest BCUT2D eigenvalue weighted by Gasteiger charge is 2.15. The van der Waals surface area contributed by atoms with Gasteiger partial charge in [0.2, 0.25) is 0 Å². The number of nitrogens with two attached hydrogens (primary N) is 1. The third-order valence-corrected chi connectivity index (χ3v) is 2.56. The molecule has 1 aromatic rings. The van der Waals surface area contributed by atoms with E-state index in [1.165, 1.54) is 6.33 Å². The molecule has 1 atom stereocenters. The number of H-pyrrole nitrogens is 1. The van der Waals surface area contributed by atoms with E-state index in [0.29, 0.717) is 0 Å². The summed E-state index contributed by atoms with van der Waals surface area (Å²) in [5.41, 5.74) is 7.58. The fourth-order valence-electron chi connectivity index (χ4n) is 1.73. The zero-order valence-electron chi connectivity index (χ0n) is 7.42. The predicted molar refractivity (Wildman–Crippen MR) is 49.5 cm³/mol. The molecule has 1 heterocycles. The fraction of sp³-hybridized carbons (Fsp3) is 0.556. The van der Waals surface area contributed by atoms with Crippen LogP contribution in [-0.4, -0.2) is 16.0 Å². The second-order valence-electron chi connectivity index (χ2n) is 3.49. The van der Waals surface area contributed by atoms with Crippen molar-refractivity contribution in [3.63, 3.8) is 0 Å². The molecule has 1 aliphatic carbocycles. The molecular formula is C9H13N3O. The van der Waals surface area contributed by atoms with E-state index in [1.54, 1.807) is 0 Å². The lowest BCUT2D eigenvalue weighted by molar-refractivity contribution is 0.588. The van der Waals surface area contributed by atoms with E-state index in [-0.39, 0.29) is 11.6 Å². The van der Waals surface area contributed by atoms with Gasteiger partial charge in [0.1, 0.15) is 0 Å². The minimum absolute atomic E-state index is 0.000833. The molecule has 4 heteroatoms. The number of hydrogen-bond acceptors (Lipinski definition) is 3. The summed E-state index contributed by atoms with van der Waals surface area (Å²) in [5, 5.41) is 0. The van der Waals surface area contributed by atoms with Crippen LogP contribution in [0.15, 0.2) is 11.1 Å². The smallest absolute Gasteiger partial charge is 0.254 e. The van der Waals surface area contributed by atoms with Crippen molar-refractivity contribution in [2.75, 3.05) is 0 Å². The van der Waals surface area contributed by atoms with Crippen LogP contribution in [-0.2, 0) is 12.8 Å². The van der Waals surface area contributed by atoms with Gasteiger partial charge in [-0.05, 0) is 25.7 Å². The summed E-state index contributed by atoms with van der Waals surface area (Å²) in [6.07, 6.45) is 4.89. The van der Waals surface area contributed by atoms with Gasteiger partial charge in [0, 0.05) is 11.6 Å². The van der Waals surface area contributed by atoms with Gasteiger partial charge >= 0.3 is 0 Å². The maximum absolute atomic E-state index is 11.4. The van der Waals surface area contributed by atoms with Crippen LogP contribution in [0.2, 0.25) is 0 Å². The third-order valence-electron chi connectivity index (χ3n) is 2.56. The SMILES string of the molecule is N[C@H]1CCc2nc[nH]c(=O)c2CC1. The van der Waals surface area contributed by atoms with Crippen molar-refractivity contribution in [3.05, 3.63) is 27.9 Å². The molecule has 13 heavy (non-hydrogen) atoms. The van der Waals surface area contributed by atoms with E-state index in [1.807, 2.05) is 0 Å². The number of hydrogen-bond donors (Lipinski definition) is 2. The highest BCUT2D eigenvalue weighted by atomic mass is 16.1. The number of nitrogens with zero attached hydrogens (tertiary/aromatic N) is 1. The number of nitrogens with one attached hydrogen (secondary N) is 1. The highest BCUT2D eigenvalue weighted by molar-refractivity contribution is 5.18. The van der Waals surface area contributed by atoms with Gasteiger partial charge in [-0.25, -0.2) is 4.98 Å². The van der Waals surface area contributed by atoms with Gasteiger partial charge in [-0.2, -0.15) is 0 Å². The first-order valence-electron chi connectivity index (χ1n) is 4.58. The summed E-state index contributed by atoms with van der Waals surface area (Å²) in [6, 6.07) is 0.216. The van der Waals surface area contributed by atoms with E-state index >= 15 is 0 Å². The molecule has 0 aromatic carbocycles. The molecule has 0 amide bonds. The maximum Gasteiger partial charge on any atom is 0.254 e. The Labute approximate surface area is 76.2 Å². The molecule has 1 aromatic heterocycles. The first kappa shape index (κ1) is 8.44. The summed E-state index contributed by atoms with van der Waals surface area (Å²) in [5.74, 6) is 0. The number of fused-ring (bicyclic) bond motifs is 1. The Morgan fingerprint density at radius 3 is 3.08 bits per heavy atom. The summed E-state index contributed by atoms with van der Waals surface area (Å²) in [6.45, 7) is 0. The first-order chi connectivity index (χ1) is 6.27. The Kier molecular flexibility index (Phi) is 2.14. The summed E-state index contributed by atoms with van der Waals surface area (Å²) in [4.78, 5) is 18.1. The Morgan fingerprint density at radius 2 is 2.23 bits per heavy atom. The summed E-state index contributed by atoms with van der Waals surface area (Å²) in [7, 11) is 0. The van der Waals surface area contributed by atoms with Crippen LogP contribution in [0.1, 0.15) is 24.1 Å². The van der Waals surface area contributed by atoms with E-state index in [2.05, 4.69) is 9.97 Å². The Balaban J connectivity index is 2.41. The fourth-order valence-corrected chi connectivity index (χ4v) is 1.73. The van der Waals surface area contributed by atoms with Gasteiger partial charge in [-0.3, -0.25) is 4.79 Å². The monoisotopic (exact) mass is 179 g/mol. The minimum atomic E-state index is -0.000833. The standard InChI is InChI=1S/C9H13N3O/c10-6-1-3-7-8(4-2-6)11-5-12-9(7)13/h5-6H,1-4,10H2,(H,11,12,13)/t6-/m1/s1. The van der Waals surface area contributed by atoms with Crippen LogP contribution in [0, 0.1) is 0 Å². The van der Waals surface area contributed by atoms with Crippen LogP contribution in [0.3, 0.4) is 0 Å². The Morgan fingerprint density at radius 1 is 1.46 bits per heavy atom. The van der Waals surface area contributed by atoms with E-state index in [0.717, 1.165) is 36.9 Å². The number of aromatic amines is 1. The highest BCUT2D eigenvalue weighted by Crippen LogP contribution is 2.13. The van der Waals surface area contributed by atoms with Gasteiger partial charge < -0.3 is 10.7 Å². The normalized spacial score (nSPS) is 22.1. The van der Waals surface area contributed by atoms with E-state index < -0.39 is 0 Å². The average Bonchev–Trinajstić information content (AvgIpc) is 2.30.